The first-order valence-corrected chi connectivity index (χ1v) is 9.18. The van der Waals surface area contributed by atoms with E-state index in [1.807, 2.05) is 43.5 Å². The lowest BCUT2D eigenvalue weighted by Gasteiger charge is -2.12. The van der Waals surface area contributed by atoms with Gasteiger partial charge in [0, 0.05) is 40.6 Å². The van der Waals surface area contributed by atoms with Gasteiger partial charge in [0.05, 0.1) is 5.69 Å². The Labute approximate surface area is 167 Å². The number of amides is 2. The molecular formula is C22H20FN5O. The number of halogens is 1. The molecular weight excluding hydrogens is 369 g/mol. The summed E-state index contributed by atoms with van der Waals surface area (Å²) in [7, 11) is 0. The van der Waals surface area contributed by atoms with E-state index in [0.29, 0.717) is 12.2 Å². The molecule has 0 aliphatic carbocycles. The van der Waals surface area contributed by atoms with Crippen LogP contribution in [-0.2, 0) is 6.54 Å². The number of aromatic nitrogens is 2. The van der Waals surface area contributed by atoms with Crippen LogP contribution in [0.5, 0.6) is 0 Å². The number of nitrogens with zero attached hydrogens (tertiary/aromatic N) is 1. The van der Waals surface area contributed by atoms with Crippen molar-refractivity contribution in [3.63, 3.8) is 0 Å². The number of urea groups is 1. The van der Waals surface area contributed by atoms with Gasteiger partial charge in [-0.25, -0.2) is 14.6 Å². The Bertz CT molecular complexity index is 1150. The van der Waals surface area contributed by atoms with Gasteiger partial charge in [-0.15, -0.1) is 0 Å². The van der Waals surface area contributed by atoms with Gasteiger partial charge in [0.2, 0.25) is 0 Å². The van der Waals surface area contributed by atoms with Crippen LogP contribution in [0.15, 0.2) is 66.9 Å². The quantitative estimate of drug-likeness (QED) is 0.379. The number of hydrogen-bond acceptors (Lipinski definition) is 3. The molecule has 4 aromatic rings. The number of anilines is 1. The molecule has 0 spiro atoms. The summed E-state index contributed by atoms with van der Waals surface area (Å²) < 4.78 is 12.9. The predicted octanol–water partition coefficient (Wildman–Crippen LogP) is 4.50. The molecule has 0 aliphatic rings. The lowest BCUT2D eigenvalue weighted by molar-refractivity contribution is 0.248. The van der Waals surface area contributed by atoms with E-state index in [4.69, 9.17) is 4.98 Å². The summed E-state index contributed by atoms with van der Waals surface area (Å²) in [5.41, 5.74) is 10.8. The lowest BCUT2D eigenvalue weighted by Crippen LogP contribution is -2.39. The molecule has 0 saturated heterocycles. The summed E-state index contributed by atoms with van der Waals surface area (Å²) in [5, 5.41) is 3.72. The molecule has 7 heteroatoms. The fourth-order valence-corrected chi connectivity index (χ4v) is 3.14. The number of carbonyl (C=O) groups is 1. The van der Waals surface area contributed by atoms with Crippen LogP contribution in [-0.4, -0.2) is 16.0 Å². The number of nitrogens with one attached hydrogen (secondary N) is 4. The summed E-state index contributed by atoms with van der Waals surface area (Å²) in [6.07, 6.45) is 1.95. The first-order chi connectivity index (χ1) is 14.1. The van der Waals surface area contributed by atoms with Crippen molar-refractivity contribution < 1.29 is 9.18 Å². The predicted molar refractivity (Wildman–Crippen MR) is 112 cm³/mol. The zero-order chi connectivity index (χ0) is 20.2. The van der Waals surface area contributed by atoms with Gasteiger partial charge in [-0.1, -0.05) is 24.3 Å². The molecule has 0 radical (unpaired) electrons. The molecule has 6 nitrogen and oxygen atoms in total. The van der Waals surface area contributed by atoms with Crippen LogP contribution in [0.4, 0.5) is 14.9 Å². The van der Waals surface area contributed by atoms with Gasteiger partial charge in [0.15, 0.2) is 0 Å². The second-order valence-corrected chi connectivity index (χ2v) is 6.65. The number of aryl methyl sites for hydroxylation is 1. The molecule has 2 aromatic heterocycles. The number of rotatable bonds is 5. The van der Waals surface area contributed by atoms with Crippen LogP contribution >= 0.6 is 0 Å². The fourth-order valence-electron chi connectivity index (χ4n) is 3.14. The summed E-state index contributed by atoms with van der Waals surface area (Å²) in [5.74, 6) is -0.356. The zero-order valence-corrected chi connectivity index (χ0v) is 15.8. The van der Waals surface area contributed by atoms with E-state index in [1.165, 1.54) is 24.3 Å². The molecule has 2 heterocycles. The SMILES string of the molecule is Cc1ccc(CNNC(=O)Nc2ccc(F)cc2)c(-c2c[nH]c3ccccc23)n1. The molecule has 0 atom stereocenters. The Morgan fingerprint density at radius 2 is 1.86 bits per heavy atom. The van der Waals surface area contributed by atoms with Crippen molar-refractivity contribution in [3.05, 3.63) is 83.9 Å². The van der Waals surface area contributed by atoms with Crippen molar-refractivity contribution in [2.24, 2.45) is 0 Å². The average Bonchev–Trinajstić information content (AvgIpc) is 3.15. The maximum absolute atomic E-state index is 12.9. The minimum absolute atomic E-state index is 0.356. The Morgan fingerprint density at radius 3 is 2.69 bits per heavy atom. The van der Waals surface area contributed by atoms with Crippen LogP contribution in [0, 0.1) is 12.7 Å². The summed E-state index contributed by atoms with van der Waals surface area (Å²) in [4.78, 5) is 20.0. The van der Waals surface area contributed by atoms with Crippen LogP contribution in [0.2, 0.25) is 0 Å². The highest BCUT2D eigenvalue weighted by Gasteiger charge is 2.12. The van der Waals surface area contributed by atoms with Gasteiger partial charge in [-0.2, -0.15) is 0 Å². The smallest absolute Gasteiger partial charge is 0.333 e. The standard InChI is InChI=1S/C22H20FN5O/c1-14-6-7-15(12-25-28-22(29)27-17-10-8-16(23)9-11-17)21(26-14)19-13-24-20-5-3-2-4-18(19)20/h2-11,13,24-25H,12H2,1H3,(H2,27,28,29). The Morgan fingerprint density at radius 1 is 1.07 bits per heavy atom. The molecule has 2 amide bonds. The van der Waals surface area contributed by atoms with Crippen LogP contribution < -0.4 is 16.2 Å². The van der Waals surface area contributed by atoms with E-state index in [2.05, 4.69) is 27.2 Å². The largest absolute Gasteiger partial charge is 0.360 e. The Hall–Kier alpha value is -3.71. The average molecular weight is 389 g/mol. The van der Waals surface area contributed by atoms with Gasteiger partial charge in [0.1, 0.15) is 5.82 Å². The second-order valence-electron chi connectivity index (χ2n) is 6.65. The monoisotopic (exact) mass is 389 g/mol. The first-order valence-electron chi connectivity index (χ1n) is 9.18. The third-order valence-electron chi connectivity index (χ3n) is 4.55. The minimum atomic E-state index is -0.440. The highest BCUT2D eigenvalue weighted by Crippen LogP contribution is 2.29. The number of benzene rings is 2. The molecule has 4 rings (SSSR count). The van der Waals surface area contributed by atoms with Crippen molar-refractivity contribution >= 4 is 22.6 Å². The number of aromatic amines is 1. The van der Waals surface area contributed by atoms with Crippen molar-refractivity contribution in [1.29, 1.82) is 0 Å². The van der Waals surface area contributed by atoms with E-state index >= 15 is 0 Å². The Balaban J connectivity index is 1.47. The molecule has 0 unspecified atom stereocenters. The number of para-hydroxylation sites is 1. The fraction of sp³-hybridized carbons (Fsp3) is 0.0909. The van der Waals surface area contributed by atoms with E-state index in [-0.39, 0.29) is 5.82 Å². The maximum Gasteiger partial charge on any atom is 0.333 e. The number of carbonyl (C=O) groups excluding carboxylic acids is 1. The molecule has 146 valence electrons. The first kappa shape index (κ1) is 18.6. The van der Waals surface area contributed by atoms with Gasteiger partial charge < -0.3 is 10.3 Å². The van der Waals surface area contributed by atoms with E-state index < -0.39 is 6.03 Å². The number of hydrazine groups is 1. The summed E-state index contributed by atoms with van der Waals surface area (Å²) in [6.45, 7) is 2.34. The zero-order valence-electron chi connectivity index (χ0n) is 15.8. The van der Waals surface area contributed by atoms with Crippen LogP contribution in [0.25, 0.3) is 22.2 Å². The highest BCUT2D eigenvalue weighted by atomic mass is 19.1. The number of fused-ring (bicyclic) bond motifs is 1. The lowest BCUT2D eigenvalue weighted by atomic mass is 10.0. The van der Waals surface area contributed by atoms with Crippen molar-refractivity contribution in [1.82, 2.24) is 20.8 Å². The number of H-pyrrole nitrogens is 1. The third kappa shape index (κ3) is 4.25. The number of hydrogen-bond donors (Lipinski definition) is 4. The van der Waals surface area contributed by atoms with Gasteiger partial charge in [0.25, 0.3) is 0 Å². The van der Waals surface area contributed by atoms with Gasteiger partial charge >= 0.3 is 6.03 Å². The molecule has 0 bridgehead atoms. The second kappa shape index (κ2) is 8.12. The normalized spacial score (nSPS) is 10.8. The molecule has 2 aromatic carbocycles. The molecule has 29 heavy (non-hydrogen) atoms. The molecule has 0 fully saturated rings. The summed E-state index contributed by atoms with van der Waals surface area (Å²) >= 11 is 0. The van der Waals surface area contributed by atoms with E-state index in [9.17, 15) is 9.18 Å². The van der Waals surface area contributed by atoms with E-state index in [0.717, 1.165) is 33.4 Å². The van der Waals surface area contributed by atoms with Crippen LogP contribution in [0.1, 0.15) is 11.3 Å². The van der Waals surface area contributed by atoms with Crippen molar-refractivity contribution in [2.45, 2.75) is 13.5 Å². The highest BCUT2D eigenvalue weighted by molar-refractivity contribution is 5.95. The number of pyridine rings is 1. The maximum atomic E-state index is 12.9. The Kier molecular flexibility index (Phi) is 5.22. The van der Waals surface area contributed by atoms with Crippen molar-refractivity contribution in [3.8, 4) is 11.3 Å². The minimum Gasteiger partial charge on any atom is -0.360 e. The molecule has 0 aliphatic heterocycles. The van der Waals surface area contributed by atoms with Gasteiger partial charge in [-0.05, 0) is 48.9 Å². The van der Waals surface area contributed by atoms with E-state index in [1.54, 1.807) is 0 Å². The van der Waals surface area contributed by atoms with Gasteiger partial charge in [-0.3, -0.25) is 10.4 Å². The topological polar surface area (TPSA) is 81.8 Å². The molecule has 0 saturated carbocycles. The van der Waals surface area contributed by atoms with Crippen LogP contribution in [0.3, 0.4) is 0 Å². The summed E-state index contributed by atoms with van der Waals surface area (Å²) in [6, 6.07) is 17.1. The molecule has 4 N–H and O–H groups in total. The third-order valence-corrected chi connectivity index (χ3v) is 4.55. The van der Waals surface area contributed by atoms with Crippen molar-refractivity contribution in [2.75, 3.05) is 5.32 Å².